The molecule has 92 valence electrons. The zero-order chi connectivity index (χ0) is 13.3. The van der Waals surface area contributed by atoms with Gasteiger partial charge in [0.1, 0.15) is 11.6 Å². The summed E-state index contributed by atoms with van der Waals surface area (Å²) < 4.78 is 27.1. The number of Topliss-reactive ketones (excluding diaryl/α,β-unsaturated/α-hetero) is 1. The molecule has 0 fully saturated rings. The Morgan fingerprint density at radius 2 is 1.78 bits per heavy atom. The molecule has 4 heteroatoms. The van der Waals surface area contributed by atoms with E-state index in [4.69, 9.17) is 11.6 Å². The number of carbonyl (C=O) groups is 1. The van der Waals surface area contributed by atoms with Gasteiger partial charge in [0.15, 0.2) is 5.78 Å². The molecule has 2 rings (SSSR count). The molecule has 18 heavy (non-hydrogen) atoms. The number of rotatable bonds is 2. The first kappa shape index (κ1) is 12.7. The molecule has 0 aromatic heterocycles. The van der Waals surface area contributed by atoms with Gasteiger partial charge in [-0.1, -0.05) is 17.7 Å². The molecule has 0 unspecified atom stereocenters. The van der Waals surface area contributed by atoms with Gasteiger partial charge in [0.2, 0.25) is 0 Å². The first-order valence-electron chi connectivity index (χ1n) is 5.25. The molecule has 2 aromatic carbocycles. The lowest BCUT2D eigenvalue weighted by molar-refractivity contribution is 0.101. The molecule has 2 aromatic rings. The van der Waals surface area contributed by atoms with Crippen LogP contribution in [0.15, 0.2) is 36.4 Å². The minimum absolute atomic E-state index is 0.0538. The number of carbonyl (C=O) groups excluding carboxylic acids is 1. The van der Waals surface area contributed by atoms with Gasteiger partial charge in [-0.15, -0.1) is 0 Å². The van der Waals surface area contributed by atoms with Crippen molar-refractivity contribution >= 4 is 17.4 Å². The second-order valence-corrected chi connectivity index (χ2v) is 4.31. The molecule has 0 radical (unpaired) electrons. The molecule has 1 nitrogen and oxygen atoms in total. The smallest absolute Gasteiger partial charge is 0.162 e. The molecular weight excluding hydrogens is 258 g/mol. The minimum Gasteiger partial charge on any atom is -0.294 e. The summed E-state index contributed by atoms with van der Waals surface area (Å²) >= 11 is 5.66. The van der Waals surface area contributed by atoms with E-state index in [1.165, 1.54) is 37.3 Å². The standard InChI is InChI=1S/C14H9ClF2O/c1-8(18)12-6-9(2-5-13(12)16)11-4-3-10(15)7-14(11)17/h2-7H,1H3. The Morgan fingerprint density at radius 3 is 2.39 bits per heavy atom. The molecule has 0 spiro atoms. The van der Waals surface area contributed by atoms with E-state index in [2.05, 4.69) is 0 Å². The van der Waals surface area contributed by atoms with Crippen LogP contribution in [-0.4, -0.2) is 5.78 Å². The Balaban J connectivity index is 2.58. The van der Waals surface area contributed by atoms with Crippen LogP contribution in [0, 0.1) is 11.6 Å². The quantitative estimate of drug-likeness (QED) is 0.732. The van der Waals surface area contributed by atoms with Crippen molar-refractivity contribution in [3.8, 4) is 11.1 Å². The highest BCUT2D eigenvalue weighted by molar-refractivity contribution is 6.30. The van der Waals surface area contributed by atoms with Crippen molar-refractivity contribution < 1.29 is 13.6 Å². The van der Waals surface area contributed by atoms with Crippen LogP contribution in [-0.2, 0) is 0 Å². The minimum atomic E-state index is -0.611. The van der Waals surface area contributed by atoms with Gasteiger partial charge in [0.25, 0.3) is 0 Å². The summed E-state index contributed by atoms with van der Waals surface area (Å²) in [6.45, 7) is 1.26. The fraction of sp³-hybridized carbons (Fsp3) is 0.0714. The lowest BCUT2D eigenvalue weighted by Gasteiger charge is -2.06. The van der Waals surface area contributed by atoms with E-state index < -0.39 is 17.4 Å². The number of hydrogen-bond donors (Lipinski definition) is 0. The molecule has 0 atom stereocenters. The van der Waals surface area contributed by atoms with E-state index in [1.54, 1.807) is 0 Å². The van der Waals surface area contributed by atoms with Crippen LogP contribution in [0.4, 0.5) is 8.78 Å². The van der Waals surface area contributed by atoms with Crippen molar-refractivity contribution in [3.63, 3.8) is 0 Å². The van der Waals surface area contributed by atoms with E-state index in [0.717, 1.165) is 6.07 Å². The molecule has 0 amide bonds. The Kier molecular flexibility index (Phi) is 3.43. The van der Waals surface area contributed by atoms with Gasteiger partial charge in [-0.2, -0.15) is 0 Å². The van der Waals surface area contributed by atoms with Gasteiger partial charge in [-0.25, -0.2) is 8.78 Å². The van der Waals surface area contributed by atoms with Gasteiger partial charge >= 0.3 is 0 Å². The predicted molar refractivity (Wildman–Crippen MR) is 66.8 cm³/mol. The summed E-state index contributed by atoms with van der Waals surface area (Å²) in [5.74, 6) is -1.52. The molecule has 0 aliphatic carbocycles. The average Bonchev–Trinajstić information content (AvgIpc) is 2.30. The van der Waals surface area contributed by atoms with Crippen LogP contribution in [0.25, 0.3) is 11.1 Å². The van der Waals surface area contributed by atoms with E-state index in [0.29, 0.717) is 5.56 Å². The van der Waals surface area contributed by atoms with Crippen molar-refractivity contribution in [1.82, 2.24) is 0 Å². The number of benzene rings is 2. The Labute approximate surface area is 108 Å². The maximum atomic E-state index is 13.7. The first-order chi connectivity index (χ1) is 8.49. The fourth-order valence-corrected chi connectivity index (χ4v) is 1.84. The third-order valence-corrected chi connectivity index (χ3v) is 2.82. The van der Waals surface area contributed by atoms with Gasteiger partial charge in [0.05, 0.1) is 5.56 Å². The maximum absolute atomic E-state index is 13.7. The zero-order valence-electron chi connectivity index (χ0n) is 9.51. The molecular formula is C14H9ClF2O. The van der Waals surface area contributed by atoms with Crippen molar-refractivity contribution in [2.24, 2.45) is 0 Å². The normalized spacial score (nSPS) is 10.4. The Morgan fingerprint density at radius 1 is 1.06 bits per heavy atom. The van der Waals surface area contributed by atoms with Gasteiger partial charge in [-0.3, -0.25) is 4.79 Å². The van der Waals surface area contributed by atoms with Crippen LogP contribution in [0.1, 0.15) is 17.3 Å². The second-order valence-electron chi connectivity index (χ2n) is 3.87. The van der Waals surface area contributed by atoms with Crippen molar-refractivity contribution in [2.75, 3.05) is 0 Å². The van der Waals surface area contributed by atoms with Crippen LogP contribution in [0.3, 0.4) is 0 Å². The summed E-state index contributed by atoms with van der Waals surface area (Å²) in [6, 6.07) is 8.12. The summed E-state index contributed by atoms with van der Waals surface area (Å²) in [5, 5.41) is 0.283. The van der Waals surface area contributed by atoms with Crippen LogP contribution in [0.5, 0.6) is 0 Å². The van der Waals surface area contributed by atoms with Crippen LogP contribution >= 0.6 is 11.6 Å². The largest absolute Gasteiger partial charge is 0.294 e. The summed E-state index contributed by atoms with van der Waals surface area (Å²) in [5.41, 5.74) is 0.666. The summed E-state index contributed by atoms with van der Waals surface area (Å²) in [6.07, 6.45) is 0. The first-order valence-corrected chi connectivity index (χ1v) is 5.63. The average molecular weight is 267 g/mol. The van der Waals surface area contributed by atoms with Gasteiger partial charge < -0.3 is 0 Å². The summed E-state index contributed by atoms with van der Waals surface area (Å²) in [4.78, 5) is 11.2. The third kappa shape index (κ3) is 2.41. The van der Waals surface area contributed by atoms with Crippen molar-refractivity contribution in [1.29, 1.82) is 0 Å². The monoisotopic (exact) mass is 266 g/mol. The lowest BCUT2D eigenvalue weighted by atomic mass is 10.0. The molecule has 0 N–H and O–H groups in total. The number of ketones is 1. The fourth-order valence-electron chi connectivity index (χ4n) is 1.69. The number of hydrogen-bond acceptors (Lipinski definition) is 1. The number of halogens is 3. The third-order valence-electron chi connectivity index (χ3n) is 2.59. The van der Waals surface area contributed by atoms with Crippen LogP contribution in [0.2, 0.25) is 5.02 Å². The SMILES string of the molecule is CC(=O)c1cc(-c2ccc(Cl)cc2F)ccc1F. The zero-order valence-corrected chi connectivity index (χ0v) is 10.3. The Hall–Kier alpha value is -1.74. The highest BCUT2D eigenvalue weighted by Gasteiger charge is 2.11. The lowest BCUT2D eigenvalue weighted by Crippen LogP contribution is -1.97. The van der Waals surface area contributed by atoms with E-state index in [9.17, 15) is 13.6 Å². The van der Waals surface area contributed by atoms with Gasteiger partial charge in [0, 0.05) is 10.6 Å². The van der Waals surface area contributed by atoms with Crippen LogP contribution < -0.4 is 0 Å². The molecule has 0 heterocycles. The second kappa shape index (κ2) is 4.86. The van der Waals surface area contributed by atoms with E-state index in [-0.39, 0.29) is 16.1 Å². The molecule has 0 aliphatic heterocycles. The predicted octanol–water partition coefficient (Wildman–Crippen LogP) is 4.49. The molecule has 0 saturated heterocycles. The maximum Gasteiger partial charge on any atom is 0.162 e. The van der Waals surface area contributed by atoms with E-state index >= 15 is 0 Å². The molecule has 0 saturated carbocycles. The molecule has 0 aliphatic rings. The topological polar surface area (TPSA) is 17.1 Å². The highest BCUT2D eigenvalue weighted by atomic mass is 35.5. The molecule has 0 bridgehead atoms. The Bertz CT molecular complexity index is 623. The summed E-state index contributed by atoms with van der Waals surface area (Å²) in [7, 11) is 0. The highest BCUT2D eigenvalue weighted by Crippen LogP contribution is 2.27. The van der Waals surface area contributed by atoms with Crippen molar-refractivity contribution in [3.05, 3.63) is 58.6 Å². The van der Waals surface area contributed by atoms with E-state index in [1.807, 2.05) is 0 Å². The van der Waals surface area contributed by atoms with Gasteiger partial charge in [-0.05, 0) is 42.8 Å². The van der Waals surface area contributed by atoms with Crippen molar-refractivity contribution in [2.45, 2.75) is 6.92 Å².